The Morgan fingerprint density at radius 3 is 2.83 bits per heavy atom. The molecular formula is C24H27NO3S. The molecule has 3 atom stereocenters. The number of hydrogen-bond acceptors (Lipinski definition) is 4. The Kier molecular flexibility index (Phi) is 6.26. The van der Waals surface area contributed by atoms with Crippen LogP contribution in [-0.4, -0.2) is 30.5 Å². The summed E-state index contributed by atoms with van der Waals surface area (Å²) in [6.45, 7) is 1.89. The number of carboxylic acid groups (broad SMARTS) is 1. The molecule has 0 bridgehead atoms. The van der Waals surface area contributed by atoms with Crippen molar-refractivity contribution in [1.29, 1.82) is 0 Å². The van der Waals surface area contributed by atoms with Gasteiger partial charge in [-0.3, -0.25) is 9.59 Å². The van der Waals surface area contributed by atoms with Gasteiger partial charge in [0.05, 0.1) is 0 Å². The molecule has 0 spiro atoms. The van der Waals surface area contributed by atoms with Gasteiger partial charge in [0.25, 0.3) is 6.47 Å². The summed E-state index contributed by atoms with van der Waals surface area (Å²) in [5, 5.41) is 14.8. The number of thiophene rings is 1. The summed E-state index contributed by atoms with van der Waals surface area (Å²) in [6, 6.07) is 8.54. The second-order valence-corrected chi connectivity index (χ2v) is 8.97. The van der Waals surface area contributed by atoms with Gasteiger partial charge < -0.3 is 10.4 Å². The minimum Gasteiger partial charge on any atom is -0.483 e. The molecule has 5 heteroatoms. The molecule has 2 heterocycles. The van der Waals surface area contributed by atoms with E-state index in [1.54, 1.807) is 11.3 Å². The number of allylic oxidation sites excluding steroid dienone is 1. The van der Waals surface area contributed by atoms with Crippen LogP contribution in [0.15, 0.2) is 41.1 Å². The standard InChI is InChI=1S/C23H25NOS.CH2O2/c25-23(12-19-13-24-9-7-15-1-4-20(15)19)17-3-6-21-16(11-17)2-5-22(21)18-8-10-26-14-18;2-1-3/h3,5-6,8,10-11,14-15,19-20,24H,1-2,4,7,9,12-13H2;1H,(H,2,3)/t15?,19-,20?;/m0./s1. The fourth-order valence-corrected chi connectivity index (χ4v) is 5.75. The number of ketones is 1. The summed E-state index contributed by atoms with van der Waals surface area (Å²) in [7, 11) is 0. The summed E-state index contributed by atoms with van der Waals surface area (Å²) in [5.41, 5.74) is 6.13. The van der Waals surface area contributed by atoms with Crippen LogP contribution in [0, 0.1) is 17.8 Å². The summed E-state index contributed by atoms with van der Waals surface area (Å²) in [5.74, 6) is 2.49. The average Bonchev–Trinajstić information content (AvgIpc) is 3.33. The quantitative estimate of drug-likeness (QED) is 0.570. The van der Waals surface area contributed by atoms with Crippen molar-refractivity contribution in [3.63, 3.8) is 0 Å². The van der Waals surface area contributed by atoms with Crippen molar-refractivity contribution in [2.45, 2.75) is 32.1 Å². The van der Waals surface area contributed by atoms with E-state index in [2.05, 4.69) is 46.4 Å². The molecule has 152 valence electrons. The van der Waals surface area contributed by atoms with E-state index in [0.29, 0.717) is 18.1 Å². The van der Waals surface area contributed by atoms with Gasteiger partial charge in [-0.05, 0) is 102 Å². The first kappa shape index (κ1) is 20.0. The fourth-order valence-electron chi connectivity index (χ4n) is 5.09. The highest BCUT2D eigenvalue weighted by Crippen LogP contribution is 2.44. The number of carbonyl (C=O) groups is 2. The first-order valence-electron chi connectivity index (χ1n) is 10.4. The second kappa shape index (κ2) is 9.06. The highest BCUT2D eigenvalue weighted by Gasteiger charge is 2.38. The van der Waals surface area contributed by atoms with Crippen molar-refractivity contribution in [3.05, 3.63) is 63.4 Å². The van der Waals surface area contributed by atoms with Gasteiger partial charge in [0.1, 0.15) is 0 Å². The first-order valence-corrected chi connectivity index (χ1v) is 11.3. The van der Waals surface area contributed by atoms with Crippen molar-refractivity contribution in [1.82, 2.24) is 5.32 Å². The molecule has 4 nitrogen and oxygen atoms in total. The number of nitrogens with one attached hydrogen (secondary N) is 1. The van der Waals surface area contributed by atoms with Crippen molar-refractivity contribution >= 4 is 29.2 Å². The van der Waals surface area contributed by atoms with Crippen LogP contribution in [0.4, 0.5) is 0 Å². The van der Waals surface area contributed by atoms with Gasteiger partial charge >= 0.3 is 0 Å². The molecule has 3 aliphatic rings. The summed E-state index contributed by atoms with van der Waals surface area (Å²) in [4.78, 5) is 21.3. The zero-order chi connectivity index (χ0) is 20.2. The van der Waals surface area contributed by atoms with Crippen molar-refractivity contribution in [2.75, 3.05) is 13.1 Å². The van der Waals surface area contributed by atoms with Gasteiger partial charge in [0.15, 0.2) is 5.78 Å². The second-order valence-electron chi connectivity index (χ2n) is 8.19. The molecule has 2 fully saturated rings. The smallest absolute Gasteiger partial charge is 0.290 e. The maximum atomic E-state index is 13.0. The van der Waals surface area contributed by atoms with Crippen LogP contribution < -0.4 is 5.32 Å². The molecule has 1 saturated heterocycles. The van der Waals surface area contributed by atoms with Gasteiger partial charge in [-0.1, -0.05) is 18.2 Å². The van der Waals surface area contributed by atoms with Crippen LogP contribution in [0.5, 0.6) is 0 Å². The Bertz CT molecular complexity index is 903. The fraction of sp³-hybridized carbons (Fsp3) is 0.417. The van der Waals surface area contributed by atoms with E-state index in [0.717, 1.165) is 36.9 Å². The van der Waals surface area contributed by atoms with Crippen molar-refractivity contribution in [2.24, 2.45) is 17.8 Å². The molecule has 0 amide bonds. The number of fused-ring (bicyclic) bond motifs is 2. The molecule has 1 aliphatic heterocycles. The third-order valence-corrected chi connectivity index (χ3v) is 7.39. The lowest BCUT2D eigenvalue weighted by Gasteiger charge is -2.40. The Hall–Kier alpha value is -2.24. The molecule has 29 heavy (non-hydrogen) atoms. The van der Waals surface area contributed by atoms with E-state index >= 15 is 0 Å². The molecule has 2 aliphatic carbocycles. The van der Waals surface area contributed by atoms with E-state index in [1.807, 2.05) is 0 Å². The third kappa shape index (κ3) is 4.21. The number of carbonyl (C=O) groups excluding carboxylic acids is 1. The van der Waals surface area contributed by atoms with Crippen LogP contribution in [0.25, 0.3) is 5.57 Å². The first-order chi connectivity index (χ1) is 14.2. The minimum atomic E-state index is -0.250. The molecule has 1 saturated carbocycles. The molecule has 0 radical (unpaired) electrons. The third-order valence-electron chi connectivity index (χ3n) is 6.70. The van der Waals surface area contributed by atoms with Gasteiger partial charge in [-0.2, -0.15) is 11.3 Å². The molecule has 2 aromatic rings. The van der Waals surface area contributed by atoms with E-state index in [9.17, 15) is 4.79 Å². The summed E-state index contributed by atoms with van der Waals surface area (Å²) >= 11 is 1.74. The number of benzene rings is 1. The van der Waals surface area contributed by atoms with Crippen LogP contribution >= 0.6 is 11.3 Å². The van der Waals surface area contributed by atoms with Crippen LogP contribution in [0.2, 0.25) is 0 Å². The monoisotopic (exact) mass is 409 g/mol. The van der Waals surface area contributed by atoms with Crippen LogP contribution in [0.3, 0.4) is 0 Å². The van der Waals surface area contributed by atoms with Crippen molar-refractivity contribution < 1.29 is 14.7 Å². The Morgan fingerprint density at radius 2 is 2.10 bits per heavy atom. The largest absolute Gasteiger partial charge is 0.483 e. The van der Waals surface area contributed by atoms with E-state index in [1.165, 1.54) is 41.5 Å². The summed E-state index contributed by atoms with van der Waals surface area (Å²) < 4.78 is 0. The lowest BCUT2D eigenvalue weighted by atomic mass is 9.65. The number of rotatable bonds is 4. The molecule has 1 aromatic carbocycles. The summed E-state index contributed by atoms with van der Waals surface area (Å²) in [6.07, 6.45) is 7.94. The Balaban J connectivity index is 0.000000645. The normalized spacial score (nSPS) is 24.7. The van der Waals surface area contributed by atoms with Gasteiger partial charge in [0.2, 0.25) is 0 Å². The van der Waals surface area contributed by atoms with E-state index < -0.39 is 0 Å². The maximum Gasteiger partial charge on any atom is 0.290 e. The molecule has 1 aromatic heterocycles. The van der Waals surface area contributed by atoms with Crippen LogP contribution in [0.1, 0.15) is 52.7 Å². The van der Waals surface area contributed by atoms with Crippen LogP contribution in [-0.2, 0) is 11.2 Å². The van der Waals surface area contributed by atoms with E-state index in [4.69, 9.17) is 9.90 Å². The van der Waals surface area contributed by atoms with Gasteiger partial charge in [-0.15, -0.1) is 0 Å². The van der Waals surface area contributed by atoms with E-state index in [-0.39, 0.29) is 6.47 Å². The Labute approximate surface area is 175 Å². The number of Topliss-reactive ketones (excluding diaryl/α,β-unsaturated/α-hetero) is 1. The number of hydrogen-bond donors (Lipinski definition) is 2. The van der Waals surface area contributed by atoms with Crippen molar-refractivity contribution in [3.8, 4) is 0 Å². The molecule has 5 rings (SSSR count). The average molecular weight is 410 g/mol. The Morgan fingerprint density at radius 1 is 1.24 bits per heavy atom. The maximum absolute atomic E-state index is 13.0. The lowest BCUT2D eigenvalue weighted by Crippen LogP contribution is -2.34. The minimum absolute atomic E-state index is 0.250. The molecular weight excluding hydrogens is 382 g/mol. The highest BCUT2D eigenvalue weighted by molar-refractivity contribution is 7.08. The molecule has 2 N–H and O–H groups in total. The lowest BCUT2D eigenvalue weighted by molar-refractivity contribution is -0.122. The predicted octanol–water partition coefficient (Wildman–Crippen LogP) is 4.65. The highest BCUT2D eigenvalue weighted by atomic mass is 32.1. The molecule has 2 unspecified atom stereocenters. The predicted molar refractivity (Wildman–Crippen MR) is 116 cm³/mol. The van der Waals surface area contributed by atoms with Gasteiger partial charge in [-0.25, -0.2) is 0 Å². The van der Waals surface area contributed by atoms with Gasteiger partial charge in [0, 0.05) is 12.0 Å². The zero-order valence-electron chi connectivity index (χ0n) is 16.5. The SMILES string of the molecule is O=C(C[C@H]1CNCCC2CCC21)c1ccc2c(c1)CC=C2c1ccsc1.O=CO. The zero-order valence-corrected chi connectivity index (χ0v) is 17.3. The topological polar surface area (TPSA) is 66.4 Å².